The van der Waals surface area contributed by atoms with Gasteiger partial charge in [0.05, 0.1) is 28.4 Å². The van der Waals surface area contributed by atoms with Crippen LogP contribution in [-0.2, 0) is 11.3 Å². The van der Waals surface area contributed by atoms with Gasteiger partial charge in [0.2, 0.25) is 0 Å². The molecule has 6 nitrogen and oxygen atoms in total. The molecule has 0 aliphatic heterocycles. The van der Waals surface area contributed by atoms with Crippen LogP contribution >= 0.6 is 12.2 Å². The van der Waals surface area contributed by atoms with Crippen LogP contribution in [-0.4, -0.2) is 17.0 Å². The predicted molar refractivity (Wildman–Crippen MR) is 58.4 cm³/mol. The molecule has 1 aromatic rings. The molecular formula is C9H9N3O3S. The largest absolute Gasteiger partial charge is 0.380 e. The number of nitriles is 1. The Balaban J connectivity index is 3.66. The highest BCUT2D eigenvalue weighted by atomic mass is 32.1. The van der Waals surface area contributed by atoms with E-state index < -0.39 is 4.92 Å². The quantitative estimate of drug-likeness (QED) is 0.494. The Hall–Kier alpha value is -1.78. The van der Waals surface area contributed by atoms with Gasteiger partial charge in [0, 0.05) is 7.11 Å². The lowest BCUT2D eigenvalue weighted by Crippen LogP contribution is -2.05. The lowest BCUT2D eigenvalue weighted by molar-refractivity contribution is -0.386. The number of hydrogen-bond acceptors (Lipinski definition) is 5. The van der Waals surface area contributed by atoms with Gasteiger partial charge in [-0.3, -0.25) is 10.1 Å². The van der Waals surface area contributed by atoms with Crippen LogP contribution in [0, 0.1) is 33.0 Å². The van der Waals surface area contributed by atoms with Gasteiger partial charge in [-0.05, 0) is 6.92 Å². The number of H-pyrrole nitrogens is 1. The molecular weight excluding hydrogens is 230 g/mol. The molecule has 0 spiro atoms. The lowest BCUT2D eigenvalue weighted by atomic mass is 10.1. The number of hydrogen-bond donors (Lipinski definition) is 1. The second kappa shape index (κ2) is 4.83. The van der Waals surface area contributed by atoms with Crippen molar-refractivity contribution in [2.75, 3.05) is 7.11 Å². The van der Waals surface area contributed by atoms with Gasteiger partial charge in [-0.1, -0.05) is 12.2 Å². The summed E-state index contributed by atoms with van der Waals surface area (Å²) in [5.74, 6) is 0. The Bertz CT molecular complexity index is 530. The van der Waals surface area contributed by atoms with Crippen molar-refractivity contribution >= 4 is 17.9 Å². The number of pyridine rings is 1. The molecule has 0 saturated heterocycles. The van der Waals surface area contributed by atoms with E-state index in [1.807, 2.05) is 6.07 Å². The van der Waals surface area contributed by atoms with Crippen LogP contribution in [0.15, 0.2) is 0 Å². The van der Waals surface area contributed by atoms with Crippen LogP contribution in [0.25, 0.3) is 0 Å². The maximum atomic E-state index is 10.9. The Morgan fingerprint density at radius 2 is 2.31 bits per heavy atom. The number of aryl methyl sites for hydroxylation is 1. The molecule has 0 aliphatic rings. The monoisotopic (exact) mass is 239 g/mol. The molecule has 1 heterocycles. The normalized spacial score (nSPS) is 9.81. The topological polar surface area (TPSA) is 91.9 Å². The van der Waals surface area contributed by atoms with Crippen molar-refractivity contribution in [1.29, 1.82) is 5.26 Å². The highest BCUT2D eigenvalue weighted by molar-refractivity contribution is 7.71. The van der Waals surface area contributed by atoms with E-state index in [0.717, 1.165) is 0 Å². The second-order valence-corrected chi connectivity index (χ2v) is 3.49. The first-order valence-electron chi connectivity index (χ1n) is 4.32. The number of aromatic amines is 1. The zero-order chi connectivity index (χ0) is 12.3. The van der Waals surface area contributed by atoms with Crippen LogP contribution in [0.2, 0.25) is 0 Å². The third-order valence-corrected chi connectivity index (χ3v) is 2.36. The molecule has 1 N–H and O–H groups in total. The van der Waals surface area contributed by atoms with Crippen molar-refractivity contribution in [2.24, 2.45) is 0 Å². The molecule has 7 heteroatoms. The highest BCUT2D eigenvalue weighted by Crippen LogP contribution is 2.26. The van der Waals surface area contributed by atoms with Gasteiger partial charge in [0.15, 0.2) is 0 Å². The summed E-state index contributed by atoms with van der Waals surface area (Å²) in [5, 5.41) is 19.8. The van der Waals surface area contributed by atoms with Gasteiger partial charge in [0.1, 0.15) is 10.7 Å². The van der Waals surface area contributed by atoms with Gasteiger partial charge in [-0.2, -0.15) is 5.26 Å². The Kier molecular flexibility index (Phi) is 3.71. The number of rotatable bonds is 3. The van der Waals surface area contributed by atoms with Crippen molar-refractivity contribution in [3.05, 3.63) is 31.6 Å². The van der Waals surface area contributed by atoms with Crippen LogP contribution in [0.1, 0.15) is 16.8 Å². The number of ether oxygens (including phenoxy) is 1. The molecule has 0 saturated carbocycles. The fraction of sp³-hybridized carbons (Fsp3) is 0.333. The van der Waals surface area contributed by atoms with Gasteiger partial charge >= 0.3 is 0 Å². The van der Waals surface area contributed by atoms with Gasteiger partial charge in [0.25, 0.3) is 5.69 Å². The van der Waals surface area contributed by atoms with E-state index in [9.17, 15) is 10.1 Å². The van der Waals surface area contributed by atoms with Crippen molar-refractivity contribution in [3.8, 4) is 6.07 Å². The van der Waals surface area contributed by atoms with E-state index in [0.29, 0.717) is 5.69 Å². The van der Waals surface area contributed by atoms with Crippen molar-refractivity contribution in [1.82, 2.24) is 4.98 Å². The second-order valence-electron chi connectivity index (χ2n) is 3.08. The summed E-state index contributed by atoms with van der Waals surface area (Å²) in [6, 6.07) is 1.85. The molecule has 0 aliphatic carbocycles. The lowest BCUT2D eigenvalue weighted by Gasteiger charge is -2.06. The van der Waals surface area contributed by atoms with E-state index in [1.54, 1.807) is 0 Å². The van der Waals surface area contributed by atoms with Crippen LogP contribution in [0.4, 0.5) is 5.69 Å². The average Bonchev–Trinajstić information content (AvgIpc) is 2.17. The Morgan fingerprint density at radius 1 is 1.69 bits per heavy atom. The summed E-state index contributed by atoms with van der Waals surface area (Å²) in [6.07, 6.45) is 0. The first kappa shape index (κ1) is 12.3. The standard InChI is InChI=1S/C9H9N3O3S/c1-5-8(12(13)14)7(4-15-2)6(3-10)9(16)11-5/h4H2,1-2H3,(H,11,16). The van der Waals surface area contributed by atoms with E-state index in [1.165, 1.54) is 14.0 Å². The molecule has 1 rings (SSSR count). The zero-order valence-electron chi connectivity index (χ0n) is 8.73. The molecule has 0 aromatic carbocycles. The summed E-state index contributed by atoms with van der Waals surface area (Å²) in [5.41, 5.74) is 0.485. The summed E-state index contributed by atoms with van der Waals surface area (Å²) in [6.45, 7) is 1.52. The van der Waals surface area contributed by atoms with Gasteiger partial charge in [-0.25, -0.2) is 0 Å². The molecule has 16 heavy (non-hydrogen) atoms. The van der Waals surface area contributed by atoms with Crippen LogP contribution in [0.5, 0.6) is 0 Å². The fourth-order valence-corrected chi connectivity index (χ4v) is 1.75. The molecule has 0 bridgehead atoms. The van der Waals surface area contributed by atoms with Gasteiger partial charge in [-0.15, -0.1) is 0 Å². The van der Waals surface area contributed by atoms with Crippen molar-refractivity contribution < 1.29 is 9.66 Å². The van der Waals surface area contributed by atoms with Crippen molar-refractivity contribution in [2.45, 2.75) is 13.5 Å². The van der Waals surface area contributed by atoms with Crippen LogP contribution < -0.4 is 0 Å². The SMILES string of the molecule is COCc1c([N+](=O)[O-])c(C)[nH]c(=S)c1C#N. The smallest absolute Gasteiger partial charge is 0.295 e. The average molecular weight is 239 g/mol. The number of nitro groups is 1. The number of nitrogens with one attached hydrogen (secondary N) is 1. The minimum absolute atomic E-state index is 0.0155. The summed E-state index contributed by atoms with van der Waals surface area (Å²) >= 11 is 4.93. The summed E-state index contributed by atoms with van der Waals surface area (Å²) in [7, 11) is 1.40. The Labute approximate surface area is 96.6 Å². The minimum atomic E-state index is -0.546. The first-order chi connectivity index (χ1) is 7.52. The van der Waals surface area contributed by atoms with Gasteiger partial charge < -0.3 is 9.72 Å². The van der Waals surface area contributed by atoms with E-state index in [-0.39, 0.29) is 28.1 Å². The molecule has 0 amide bonds. The van der Waals surface area contributed by atoms with Crippen LogP contribution in [0.3, 0.4) is 0 Å². The molecule has 0 fully saturated rings. The predicted octanol–water partition coefficient (Wildman–Crippen LogP) is 1.98. The first-order valence-corrected chi connectivity index (χ1v) is 4.73. The maximum Gasteiger partial charge on any atom is 0.295 e. The molecule has 0 atom stereocenters. The fourth-order valence-electron chi connectivity index (χ4n) is 1.42. The molecule has 0 radical (unpaired) electrons. The number of methoxy groups -OCH3 is 1. The summed E-state index contributed by atoms with van der Waals surface area (Å²) in [4.78, 5) is 13.0. The molecule has 84 valence electrons. The molecule has 1 aromatic heterocycles. The third kappa shape index (κ3) is 2.08. The molecule has 0 unspecified atom stereocenters. The Morgan fingerprint density at radius 3 is 2.75 bits per heavy atom. The third-order valence-electron chi connectivity index (χ3n) is 2.05. The van der Waals surface area contributed by atoms with E-state index in [2.05, 4.69) is 4.98 Å². The highest BCUT2D eigenvalue weighted by Gasteiger charge is 2.22. The number of aromatic nitrogens is 1. The van der Waals surface area contributed by atoms with E-state index in [4.69, 9.17) is 22.2 Å². The minimum Gasteiger partial charge on any atom is -0.380 e. The van der Waals surface area contributed by atoms with E-state index >= 15 is 0 Å². The number of nitrogens with zero attached hydrogens (tertiary/aromatic N) is 2. The zero-order valence-corrected chi connectivity index (χ0v) is 9.55. The maximum absolute atomic E-state index is 10.9. The summed E-state index contributed by atoms with van der Waals surface area (Å²) < 4.78 is 5.05. The van der Waals surface area contributed by atoms with Crippen molar-refractivity contribution in [3.63, 3.8) is 0 Å².